The predicted molar refractivity (Wildman–Crippen MR) is 119 cm³/mol. The first-order valence-corrected chi connectivity index (χ1v) is 10.4. The van der Waals surface area contributed by atoms with E-state index < -0.39 is 0 Å². The lowest BCUT2D eigenvalue weighted by atomic mass is 10.1. The average molecular weight is 419 g/mol. The van der Waals surface area contributed by atoms with E-state index in [1.807, 2.05) is 67.2 Å². The quantitative estimate of drug-likeness (QED) is 0.575. The molecule has 1 aromatic carbocycles. The van der Waals surface area contributed by atoms with Crippen LogP contribution in [0.2, 0.25) is 0 Å². The lowest BCUT2D eigenvalue weighted by molar-refractivity contribution is -0.126. The summed E-state index contributed by atoms with van der Waals surface area (Å²) in [6.45, 7) is 5.44. The van der Waals surface area contributed by atoms with E-state index in [2.05, 4.69) is 20.6 Å². The standard InChI is InChI=1S/C23H26N6O2/c1-16-5-6-19(11-17(16)2)29-14-18(12-22(29)30)23(31)25-8-7-24-20-13-21(27-15-26-20)28-9-3-4-10-28/h3-6,9-11,13,15,18H,7-8,12,14H2,1-2H3,(H,25,31)(H,24,26,27). The van der Waals surface area contributed by atoms with Gasteiger partial charge in [0.05, 0.1) is 5.92 Å². The molecular formula is C23H26N6O2. The molecule has 2 amide bonds. The highest BCUT2D eigenvalue weighted by atomic mass is 16.2. The van der Waals surface area contributed by atoms with Gasteiger partial charge in [0.2, 0.25) is 11.8 Å². The van der Waals surface area contributed by atoms with Crippen LogP contribution in [-0.4, -0.2) is 46.0 Å². The second kappa shape index (κ2) is 8.99. The minimum Gasteiger partial charge on any atom is -0.368 e. The van der Waals surface area contributed by atoms with Crippen LogP contribution in [0.15, 0.2) is 55.1 Å². The summed E-state index contributed by atoms with van der Waals surface area (Å²) in [5.74, 6) is 0.998. The van der Waals surface area contributed by atoms with Crippen LogP contribution in [0.3, 0.4) is 0 Å². The van der Waals surface area contributed by atoms with Crippen molar-refractivity contribution in [3.8, 4) is 5.82 Å². The number of anilines is 2. The minimum atomic E-state index is -0.339. The summed E-state index contributed by atoms with van der Waals surface area (Å²) in [6, 6.07) is 11.7. The monoisotopic (exact) mass is 418 g/mol. The first-order valence-electron chi connectivity index (χ1n) is 10.4. The van der Waals surface area contributed by atoms with Gasteiger partial charge in [-0.1, -0.05) is 6.07 Å². The fourth-order valence-corrected chi connectivity index (χ4v) is 3.62. The fourth-order valence-electron chi connectivity index (χ4n) is 3.62. The largest absolute Gasteiger partial charge is 0.368 e. The second-order valence-electron chi connectivity index (χ2n) is 7.74. The zero-order valence-corrected chi connectivity index (χ0v) is 17.7. The van der Waals surface area contributed by atoms with Crippen molar-refractivity contribution in [3.63, 3.8) is 0 Å². The van der Waals surface area contributed by atoms with E-state index in [4.69, 9.17) is 0 Å². The molecular weight excluding hydrogens is 392 g/mol. The van der Waals surface area contributed by atoms with Gasteiger partial charge in [0, 0.05) is 50.2 Å². The smallest absolute Gasteiger partial charge is 0.227 e. The van der Waals surface area contributed by atoms with Crippen LogP contribution in [0.1, 0.15) is 17.5 Å². The van der Waals surface area contributed by atoms with Gasteiger partial charge >= 0.3 is 0 Å². The first-order chi connectivity index (χ1) is 15.0. The van der Waals surface area contributed by atoms with Crippen LogP contribution in [0.4, 0.5) is 11.5 Å². The van der Waals surface area contributed by atoms with Gasteiger partial charge in [0.15, 0.2) is 0 Å². The Bertz CT molecular complexity index is 1080. The Hall–Kier alpha value is -3.68. The predicted octanol–water partition coefficient (Wildman–Crippen LogP) is 2.47. The van der Waals surface area contributed by atoms with E-state index in [1.165, 1.54) is 11.9 Å². The molecule has 2 aromatic heterocycles. The van der Waals surface area contributed by atoms with Gasteiger partial charge in [0.1, 0.15) is 18.0 Å². The highest BCUT2D eigenvalue weighted by Gasteiger charge is 2.35. The second-order valence-corrected chi connectivity index (χ2v) is 7.74. The number of amides is 2. The van der Waals surface area contributed by atoms with Gasteiger partial charge < -0.3 is 20.1 Å². The van der Waals surface area contributed by atoms with Crippen molar-refractivity contribution in [2.24, 2.45) is 5.92 Å². The zero-order chi connectivity index (χ0) is 21.8. The molecule has 3 heterocycles. The number of carbonyl (C=O) groups is 2. The van der Waals surface area contributed by atoms with Crippen molar-refractivity contribution in [2.45, 2.75) is 20.3 Å². The lowest BCUT2D eigenvalue weighted by Crippen LogP contribution is -2.35. The van der Waals surface area contributed by atoms with Crippen molar-refractivity contribution in [3.05, 3.63) is 66.2 Å². The normalized spacial score (nSPS) is 15.9. The van der Waals surface area contributed by atoms with E-state index in [0.29, 0.717) is 25.5 Å². The van der Waals surface area contributed by atoms with Crippen LogP contribution in [-0.2, 0) is 9.59 Å². The van der Waals surface area contributed by atoms with E-state index in [9.17, 15) is 9.59 Å². The van der Waals surface area contributed by atoms with Gasteiger partial charge in [-0.05, 0) is 49.2 Å². The molecule has 31 heavy (non-hydrogen) atoms. The summed E-state index contributed by atoms with van der Waals surface area (Å²) in [5.41, 5.74) is 3.17. The molecule has 0 radical (unpaired) electrons. The summed E-state index contributed by atoms with van der Waals surface area (Å²) < 4.78 is 1.90. The fraction of sp³-hybridized carbons (Fsp3) is 0.304. The van der Waals surface area contributed by atoms with Crippen molar-refractivity contribution < 1.29 is 9.59 Å². The highest BCUT2D eigenvalue weighted by molar-refractivity contribution is 6.00. The third-order valence-corrected chi connectivity index (χ3v) is 5.55. The molecule has 160 valence electrons. The van der Waals surface area contributed by atoms with Gasteiger partial charge in [-0.3, -0.25) is 9.59 Å². The minimum absolute atomic E-state index is 0.0138. The Kier molecular flexibility index (Phi) is 5.97. The van der Waals surface area contributed by atoms with Crippen LogP contribution in [0.25, 0.3) is 5.82 Å². The number of nitrogens with one attached hydrogen (secondary N) is 2. The number of hydrogen-bond donors (Lipinski definition) is 2. The molecule has 8 heteroatoms. The molecule has 3 aromatic rings. The molecule has 1 atom stereocenters. The van der Waals surface area contributed by atoms with Gasteiger partial charge in [-0.25, -0.2) is 9.97 Å². The SMILES string of the molecule is Cc1ccc(N2CC(C(=O)NCCNc3cc(-n4cccc4)ncn3)CC2=O)cc1C. The summed E-state index contributed by atoms with van der Waals surface area (Å²) in [4.78, 5) is 35.2. The van der Waals surface area contributed by atoms with Gasteiger partial charge in [0.25, 0.3) is 0 Å². The van der Waals surface area contributed by atoms with Crippen LogP contribution in [0.5, 0.6) is 0 Å². The Morgan fingerprint density at radius 1 is 1.10 bits per heavy atom. The summed E-state index contributed by atoms with van der Waals surface area (Å²) in [5, 5.41) is 6.11. The number of aryl methyl sites for hydroxylation is 2. The van der Waals surface area contributed by atoms with E-state index in [-0.39, 0.29) is 24.2 Å². The van der Waals surface area contributed by atoms with E-state index in [0.717, 1.165) is 17.1 Å². The topological polar surface area (TPSA) is 92.2 Å². The lowest BCUT2D eigenvalue weighted by Gasteiger charge is -2.18. The van der Waals surface area contributed by atoms with Crippen LogP contribution < -0.4 is 15.5 Å². The Morgan fingerprint density at radius 2 is 1.90 bits per heavy atom. The molecule has 1 aliphatic rings. The van der Waals surface area contributed by atoms with Crippen molar-refractivity contribution >= 4 is 23.3 Å². The number of hydrogen-bond acceptors (Lipinski definition) is 5. The van der Waals surface area contributed by atoms with Crippen LogP contribution >= 0.6 is 0 Å². The number of carbonyl (C=O) groups excluding carboxylic acids is 2. The Labute approximate surface area is 181 Å². The number of benzene rings is 1. The number of nitrogens with zero attached hydrogens (tertiary/aromatic N) is 4. The molecule has 0 bridgehead atoms. The molecule has 0 saturated carbocycles. The molecule has 1 unspecified atom stereocenters. The third-order valence-electron chi connectivity index (χ3n) is 5.55. The average Bonchev–Trinajstić information content (AvgIpc) is 3.43. The molecule has 1 saturated heterocycles. The maximum absolute atomic E-state index is 12.6. The maximum atomic E-state index is 12.6. The van der Waals surface area contributed by atoms with Gasteiger partial charge in [-0.2, -0.15) is 0 Å². The zero-order valence-electron chi connectivity index (χ0n) is 17.7. The number of aromatic nitrogens is 3. The number of rotatable bonds is 7. The highest BCUT2D eigenvalue weighted by Crippen LogP contribution is 2.26. The summed E-state index contributed by atoms with van der Waals surface area (Å²) in [7, 11) is 0. The van der Waals surface area contributed by atoms with Crippen molar-refractivity contribution in [1.29, 1.82) is 0 Å². The first kappa shape index (κ1) is 20.6. The summed E-state index contributed by atoms with van der Waals surface area (Å²) >= 11 is 0. The summed E-state index contributed by atoms with van der Waals surface area (Å²) in [6.07, 6.45) is 5.56. The molecule has 2 N–H and O–H groups in total. The van der Waals surface area contributed by atoms with Crippen molar-refractivity contribution in [1.82, 2.24) is 19.9 Å². The third kappa shape index (κ3) is 4.74. The molecule has 0 spiro atoms. The molecule has 4 rings (SSSR count). The Morgan fingerprint density at radius 3 is 2.68 bits per heavy atom. The molecule has 8 nitrogen and oxygen atoms in total. The van der Waals surface area contributed by atoms with Crippen molar-refractivity contribution in [2.75, 3.05) is 29.9 Å². The maximum Gasteiger partial charge on any atom is 0.227 e. The van der Waals surface area contributed by atoms with Crippen LogP contribution in [0, 0.1) is 19.8 Å². The Balaban J connectivity index is 1.26. The molecule has 1 fully saturated rings. The molecule has 0 aliphatic carbocycles. The van der Waals surface area contributed by atoms with E-state index >= 15 is 0 Å². The van der Waals surface area contributed by atoms with E-state index in [1.54, 1.807) is 4.90 Å². The molecule has 1 aliphatic heterocycles. The van der Waals surface area contributed by atoms with Gasteiger partial charge in [-0.15, -0.1) is 0 Å².